The number of fused-ring (bicyclic) bond motifs is 1. The summed E-state index contributed by atoms with van der Waals surface area (Å²) in [5.41, 5.74) is 3.85. The van der Waals surface area contributed by atoms with Gasteiger partial charge in [-0.05, 0) is 51.1 Å². The molecule has 0 saturated heterocycles. The van der Waals surface area contributed by atoms with E-state index in [1.54, 1.807) is 18.5 Å². The largest absolute Gasteiger partial charge is 0.493 e. The summed E-state index contributed by atoms with van der Waals surface area (Å²) in [4.78, 5) is 21.2. The lowest BCUT2D eigenvalue weighted by molar-refractivity contribution is -0.117. The van der Waals surface area contributed by atoms with Gasteiger partial charge in [-0.2, -0.15) is 0 Å². The van der Waals surface area contributed by atoms with Crippen molar-refractivity contribution < 1.29 is 14.3 Å². The molecule has 1 amide bonds. The minimum absolute atomic E-state index is 0.156. The molecule has 6 nitrogen and oxygen atoms in total. The Balaban J connectivity index is 1.44. The van der Waals surface area contributed by atoms with E-state index in [1.807, 2.05) is 50.4 Å². The number of carbonyl (C=O) groups excluding carboxylic acids is 1. The van der Waals surface area contributed by atoms with Crippen molar-refractivity contribution in [3.8, 4) is 22.8 Å². The minimum atomic E-state index is -0.201. The summed E-state index contributed by atoms with van der Waals surface area (Å²) in [6.07, 6.45) is 7.80. The number of rotatable bonds is 7. The van der Waals surface area contributed by atoms with Gasteiger partial charge in [-0.25, -0.2) is 4.98 Å². The van der Waals surface area contributed by atoms with E-state index in [0.29, 0.717) is 6.61 Å². The zero-order valence-electron chi connectivity index (χ0n) is 17.8. The number of carbonyl (C=O) groups is 1. The van der Waals surface area contributed by atoms with Gasteiger partial charge in [0.2, 0.25) is 5.91 Å². The molecule has 160 valence electrons. The standard InChI is InChI=1S/C24H25N3O3S/c1-4-29-21-13-19-11-15(2)30-22(19)12-18(21)5-6-23(28)26-16(3)24-27-20(14-31-24)17-7-9-25-10-8-17/h5-10,12-16H,4,11H2,1-3H3,(H,26,28). The normalized spacial score (nSPS) is 16.0. The summed E-state index contributed by atoms with van der Waals surface area (Å²) in [5, 5.41) is 5.82. The molecule has 0 aliphatic carbocycles. The summed E-state index contributed by atoms with van der Waals surface area (Å²) < 4.78 is 11.6. The highest BCUT2D eigenvalue weighted by Crippen LogP contribution is 2.35. The summed E-state index contributed by atoms with van der Waals surface area (Å²) in [5.74, 6) is 1.43. The second-order valence-corrected chi connectivity index (χ2v) is 8.32. The number of ether oxygens (including phenoxy) is 2. The fourth-order valence-corrected chi connectivity index (χ4v) is 4.33. The van der Waals surface area contributed by atoms with Gasteiger partial charge in [0.05, 0.1) is 18.3 Å². The van der Waals surface area contributed by atoms with Gasteiger partial charge >= 0.3 is 0 Å². The number of nitrogens with zero attached hydrogens (tertiary/aromatic N) is 2. The first-order valence-electron chi connectivity index (χ1n) is 10.3. The molecule has 2 atom stereocenters. The van der Waals surface area contributed by atoms with Crippen LogP contribution < -0.4 is 14.8 Å². The molecule has 31 heavy (non-hydrogen) atoms. The zero-order chi connectivity index (χ0) is 21.8. The van der Waals surface area contributed by atoms with E-state index >= 15 is 0 Å². The molecule has 3 heterocycles. The predicted molar refractivity (Wildman–Crippen MR) is 122 cm³/mol. The summed E-state index contributed by atoms with van der Waals surface area (Å²) >= 11 is 1.52. The smallest absolute Gasteiger partial charge is 0.244 e. The van der Waals surface area contributed by atoms with Gasteiger partial charge in [0.25, 0.3) is 0 Å². The number of nitrogens with one attached hydrogen (secondary N) is 1. The Bertz CT molecular complexity index is 1090. The molecule has 0 saturated carbocycles. The maximum Gasteiger partial charge on any atom is 0.244 e. The zero-order valence-corrected chi connectivity index (χ0v) is 18.6. The molecule has 4 rings (SSSR count). The predicted octanol–water partition coefficient (Wildman–Crippen LogP) is 4.82. The first-order valence-corrected chi connectivity index (χ1v) is 11.2. The van der Waals surface area contributed by atoms with Crippen molar-refractivity contribution in [2.24, 2.45) is 0 Å². The summed E-state index contributed by atoms with van der Waals surface area (Å²) in [6, 6.07) is 7.59. The Morgan fingerprint density at radius 3 is 2.97 bits per heavy atom. The van der Waals surface area contributed by atoms with Gasteiger partial charge in [-0.3, -0.25) is 9.78 Å². The average molecular weight is 436 g/mol. The lowest BCUT2D eigenvalue weighted by Gasteiger charge is -2.11. The topological polar surface area (TPSA) is 73.3 Å². The van der Waals surface area contributed by atoms with Crippen LogP contribution in [0.5, 0.6) is 11.5 Å². The molecule has 0 bridgehead atoms. The van der Waals surface area contributed by atoms with Crippen molar-refractivity contribution in [3.63, 3.8) is 0 Å². The molecule has 3 aromatic rings. The van der Waals surface area contributed by atoms with Crippen LogP contribution in [0.2, 0.25) is 0 Å². The molecule has 1 N–H and O–H groups in total. The number of amides is 1. The number of pyridine rings is 1. The van der Waals surface area contributed by atoms with Gasteiger partial charge < -0.3 is 14.8 Å². The lowest BCUT2D eigenvalue weighted by atomic mass is 10.1. The lowest BCUT2D eigenvalue weighted by Crippen LogP contribution is -2.24. The highest BCUT2D eigenvalue weighted by Gasteiger charge is 2.21. The minimum Gasteiger partial charge on any atom is -0.493 e. The van der Waals surface area contributed by atoms with Crippen LogP contribution in [0, 0.1) is 0 Å². The highest BCUT2D eigenvalue weighted by molar-refractivity contribution is 7.10. The van der Waals surface area contributed by atoms with Gasteiger partial charge in [-0.15, -0.1) is 11.3 Å². The molecule has 0 radical (unpaired) electrons. The first-order chi connectivity index (χ1) is 15.0. The van der Waals surface area contributed by atoms with E-state index in [-0.39, 0.29) is 18.1 Å². The molecule has 2 unspecified atom stereocenters. The molecule has 7 heteroatoms. The van der Waals surface area contributed by atoms with E-state index in [1.165, 1.54) is 17.4 Å². The van der Waals surface area contributed by atoms with Crippen LogP contribution in [0.1, 0.15) is 42.9 Å². The number of hydrogen-bond acceptors (Lipinski definition) is 6. The summed E-state index contributed by atoms with van der Waals surface area (Å²) in [7, 11) is 0. The first kappa shape index (κ1) is 21.1. The van der Waals surface area contributed by atoms with Crippen molar-refractivity contribution in [1.29, 1.82) is 0 Å². The number of hydrogen-bond donors (Lipinski definition) is 1. The number of aromatic nitrogens is 2. The van der Waals surface area contributed by atoms with E-state index < -0.39 is 0 Å². The van der Waals surface area contributed by atoms with Crippen LogP contribution in [0.4, 0.5) is 0 Å². The van der Waals surface area contributed by atoms with E-state index in [9.17, 15) is 4.79 Å². The third-order valence-electron chi connectivity index (χ3n) is 4.97. The summed E-state index contributed by atoms with van der Waals surface area (Å²) in [6.45, 7) is 6.48. The fraction of sp³-hybridized carbons (Fsp3) is 0.292. The van der Waals surface area contributed by atoms with Gasteiger partial charge in [0.1, 0.15) is 22.6 Å². The maximum absolute atomic E-state index is 12.5. The second-order valence-electron chi connectivity index (χ2n) is 7.43. The molecule has 0 spiro atoms. The molecular weight excluding hydrogens is 410 g/mol. The van der Waals surface area contributed by atoms with Crippen LogP contribution in [0.3, 0.4) is 0 Å². The van der Waals surface area contributed by atoms with Crippen LogP contribution >= 0.6 is 11.3 Å². The van der Waals surface area contributed by atoms with E-state index in [4.69, 9.17) is 9.47 Å². The van der Waals surface area contributed by atoms with Gasteiger partial charge in [-0.1, -0.05) is 0 Å². The van der Waals surface area contributed by atoms with Crippen molar-refractivity contribution in [1.82, 2.24) is 15.3 Å². The van der Waals surface area contributed by atoms with Crippen LogP contribution in [0.25, 0.3) is 17.3 Å². The van der Waals surface area contributed by atoms with Gasteiger partial charge in [0.15, 0.2) is 0 Å². The SMILES string of the molecule is CCOc1cc2c(cc1C=CC(=O)NC(C)c1nc(-c3ccncc3)cs1)OC(C)C2. The van der Waals surface area contributed by atoms with Crippen LogP contribution in [-0.4, -0.2) is 28.6 Å². The average Bonchev–Trinajstić information content (AvgIpc) is 3.39. The van der Waals surface area contributed by atoms with Crippen LogP contribution in [0.15, 0.2) is 48.1 Å². The monoisotopic (exact) mass is 435 g/mol. The molecule has 1 aliphatic rings. The molecule has 0 fully saturated rings. The quantitative estimate of drug-likeness (QED) is 0.539. The highest BCUT2D eigenvalue weighted by atomic mass is 32.1. The van der Waals surface area contributed by atoms with E-state index in [0.717, 1.165) is 45.3 Å². The Kier molecular flexibility index (Phi) is 6.32. The Labute approximate surface area is 186 Å². The molecule has 1 aromatic carbocycles. The third kappa shape index (κ3) is 4.94. The van der Waals surface area contributed by atoms with Gasteiger partial charge in [0, 0.05) is 47.0 Å². The van der Waals surface area contributed by atoms with Crippen molar-refractivity contribution >= 4 is 23.3 Å². The third-order valence-corrected chi connectivity index (χ3v) is 6.00. The number of benzene rings is 1. The molecule has 2 aromatic heterocycles. The Hall–Kier alpha value is -3.19. The molecular formula is C24H25N3O3S. The van der Waals surface area contributed by atoms with Crippen molar-refractivity contribution in [3.05, 3.63) is 64.2 Å². The fourth-order valence-electron chi connectivity index (χ4n) is 3.50. The second kappa shape index (κ2) is 9.31. The van der Waals surface area contributed by atoms with Crippen molar-refractivity contribution in [2.45, 2.75) is 39.3 Å². The maximum atomic E-state index is 12.5. The Morgan fingerprint density at radius 1 is 1.39 bits per heavy atom. The Morgan fingerprint density at radius 2 is 2.19 bits per heavy atom. The van der Waals surface area contributed by atoms with Crippen molar-refractivity contribution in [2.75, 3.05) is 6.61 Å². The van der Waals surface area contributed by atoms with E-state index in [2.05, 4.69) is 15.3 Å². The van der Waals surface area contributed by atoms with Crippen LogP contribution in [-0.2, 0) is 11.2 Å². The number of thiazole rings is 1. The molecule has 1 aliphatic heterocycles.